The molecular weight excluding hydrogens is 273 g/mol. The number of nitrogens with one attached hydrogen (secondary N) is 1. The quantitative estimate of drug-likeness (QED) is 0.712. The molecule has 4 nitrogen and oxygen atoms in total. The van der Waals surface area contributed by atoms with Crippen molar-refractivity contribution >= 4 is 5.97 Å². The average Bonchev–Trinajstić information content (AvgIpc) is 2.46. The predicted molar refractivity (Wildman–Crippen MR) is 80.0 cm³/mol. The highest BCUT2D eigenvalue weighted by atomic mass is 19.1. The summed E-state index contributed by atoms with van der Waals surface area (Å²) in [4.78, 5) is 11.8. The van der Waals surface area contributed by atoms with E-state index in [0.717, 1.165) is 18.5 Å². The maximum Gasteiger partial charge on any atom is 0.323 e. The molecule has 0 aliphatic heterocycles. The molecular formula is C16H24FNO3. The Morgan fingerprint density at radius 2 is 2.14 bits per heavy atom. The summed E-state index contributed by atoms with van der Waals surface area (Å²) in [5.74, 6) is -0.0970. The minimum absolute atomic E-state index is 0.273. The van der Waals surface area contributed by atoms with Crippen molar-refractivity contribution in [3.05, 3.63) is 29.6 Å². The summed E-state index contributed by atoms with van der Waals surface area (Å²) in [5, 5.41) is 3.14. The first kappa shape index (κ1) is 17.4. The molecule has 0 spiro atoms. The Hall–Kier alpha value is -1.62. The van der Waals surface area contributed by atoms with Crippen LogP contribution in [0.15, 0.2) is 18.2 Å². The van der Waals surface area contributed by atoms with Crippen LogP contribution < -0.4 is 10.1 Å². The normalized spacial score (nSPS) is 12.0. The van der Waals surface area contributed by atoms with E-state index in [2.05, 4.69) is 5.32 Å². The van der Waals surface area contributed by atoms with E-state index in [9.17, 15) is 9.18 Å². The third-order valence-corrected chi connectivity index (χ3v) is 3.03. The molecule has 1 rings (SSSR count). The van der Waals surface area contributed by atoms with Crippen molar-refractivity contribution in [2.45, 2.75) is 39.7 Å². The first-order valence-corrected chi connectivity index (χ1v) is 7.37. The molecule has 0 aliphatic rings. The van der Waals surface area contributed by atoms with Gasteiger partial charge in [-0.1, -0.05) is 13.0 Å². The van der Waals surface area contributed by atoms with E-state index in [1.165, 1.54) is 12.1 Å². The topological polar surface area (TPSA) is 47.6 Å². The zero-order valence-corrected chi connectivity index (χ0v) is 12.9. The van der Waals surface area contributed by atoms with E-state index in [4.69, 9.17) is 9.47 Å². The lowest BCUT2D eigenvalue weighted by atomic mass is 10.2. The van der Waals surface area contributed by atoms with Crippen molar-refractivity contribution in [1.29, 1.82) is 0 Å². The number of benzene rings is 1. The average molecular weight is 297 g/mol. The second-order valence-corrected chi connectivity index (χ2v) is 4.81. The summed E-state index contributed by atoms with van der Waals surface area (Å²) in [7, 11) is 0. The van der Waals surface area contributed by atoms with Gasteiger partial charge in [-0.25, -0.2) is 4.39 Å². The van der Waals surface area contributed by atoms with Crippen LogP contribution in [0.3, 0.4) is 0 Å². The van der Waals surface area contributed by atoms with Crippen molar-refractivity contribution in [2.75, 3.05) is 19.8 Å². The largest absolute Gasteiger partial charge is 0.493 e. The van der Waals surface area contributed by atoms with Gasteiger partial charge in [0.15, 0.2) is 0 Å². The molecule has 0 radical (unpaired) electrons. The highest BCUT2D eigenvalue weighted by Gasteiger charge is 2.18. The number of ether oxygens (including phenoxy) is 2. The van der Waals surface area contributed by atoms with Gasteiger partial charge >= 0.3 is 5.97 Å². The molecule has 21 heavy (non-hydrogen) atoms. The number of hydrogen-bond donors (Lipinski definition) is 1. The number of carbonyl (C=O) groups is 1. The van der Waals surface area contributed by atoms with Crippen LogP contribution in [0.5, 0.6) is 5.75 Å². The van der Waals surface area contributed by atoms with Crippen LogP contribution in [0.4, 0.5) is 4.39 Å². The summed E-state index contributed by atoms with van der Waals surface area (Å²) in [6, 6.07) is 4.03. The molecule has 0 heterocycles. The molecule has 0 fully saturated rings. The van der Waals surface area contributed by atoms with Gasteiger partial charge in [-0.05, 0) is 38.4 Å². The molecule has 1 aromatic rings. The molecule has 1 aromatic carbocycles. The summed E-state index contributed by atoms with van der Waals surface area (Å²) in [6.45, 7) is 7.08. The van der Waals surface area contributed by atoms with Gasteiger partial charge < -0.3 is 14.8 Å². The molecule has 0 amide bonds. The lowest BCUT2D eigenvalue weighted by Gasteiger charge is -2.17. The molecule has 0 aliphatic carbocycles. The maximum absolute atomic E-state index is 13.2. The Morgan fingerprint density at radius 3 is 2.81 bits per heavy atom. The fourth-order valence-corrected chi connectivity index (χ4v) is 1.88. The predicted octanol–water partition coefficient (Wildman–Crippen LogP) is 2.83. The van der Waals surface area contributed by atoms with Gasteiger partial charge in [0, 0.05) is 12.5 Å². The van der Waals surface area contributed by atoms with E-state index in [1.54, 1.807) is 13.0 Å². The number of hydrogen-bond acceptors (Lipinski definition) is 4. The Balaban J connectivity index is 2.52. The fourth-order valence-electron chi connectivity index (χ4n) is 1.88. The summed E-state index contributed by atoms with van der Waals surface area (Å²) < 4.78 is 23.8. The minimum atomic E-state index is -0.390. The van der Waals surface area contributed by atoms with Gasteiger partial charge in [0.25, 0.3) is 0 Å². The number of aryl methyl sites for hydroxylation is 1. The van der Waals surface area contributed by atoms with Gasteiger partial charge in [-0.2, -0.15) is 0 Å². The van der Waals surface area contributed by atoms with E-state index in [-0.39, 0.29) is 11.8 Å². The first-order chi connectivity index (χ1) is 10.1. The van der Waals surface area contributed by atoms with Gasteiger partial charge in [0.05, 0.1) is 13.2 Å². The Morgan fingerprint density at radius 1 is 1.38 bits per heavy atom. The van der Waals surface area contributed by atoms with Crippen molar-refractivity contribution in [3.8, 4) is 5.75 Å². The Kier molecular flexibility index (Phi) is 7.75. The lowest BCUT2D eigenvalue weighted by molar-refractivity contribution is -0.146. The molecule has 1 atom stereocenters. The van der Waals surface area contributed by atoms with Crippen LogP contribution in [0, 0.1) is 12.7 Å². The molecule has 0 saturated heterocycles. The number of rotatable bonds is 9. The second kappa shape index (κ2) is 9.34. The summed E-state index contributed by atoms with van der Waals surface area (Å²) in [5.41, 5.74) is 0.866. The van der Waals surface area contributed by atoms with Gasteiger partial charge in [0.1, 0.15) is 17.6 Å². The molecule has 118 valence electrons. The Labute approximate surface area is 125 Å². The fraction of sp³-hybridized carbons (Fsp3) is 0.562. The number of carbonyl (C=O) groups excluding carboxylic acids is 1. The van der Waals surface area contributed by atoms with Crippen molar-refractivity contribution in [2.24, 2.45) is 0 Å². The molecule has 0 aromatic heterocycles. The molecule has 1 unspecified atom stereocenters. The number of halogens is 1. The monoisotopic (exact) mass is 297 g/mol. The minimum Gasteiger partial charge on any atom is -0.493 e. The second-order valence-electron chi connectivity index (χ2n) is 4.81. The summed E-state index contributed by atoms with van der Waals surface area (Å²) >= 11 is 0. The number of esters is 1. The standard InChI is InChI=1S/C16H24FNO3/c1-4-9-18-14(16(19)20-5-2)8-10-21-15-11-13(17)7-6-12(15)3/h6-7,11,14,18H,4-5,8-10H2,1-3H3. The van der Waals surface area contributed by atoms with Gasteiger partial charge in [0.2, 0.25) is 0 Å². The smallest absolute Gasteiger partial charge is 0.323 e. The molecule has 0 saturated carbocycles. The lowest BCUT2D eigenvalue weighted by Crippen LogP contribution is -2.39. The van der Waals surface area contributed by atoms with Crippen LogP contribution in [0.25, 0.3) is 0 Å². The van der Waals surface area contributed by atoms with Crippen molar-refractivity contribution in [1.82, 2.24) is 5.32 Å². The van der Waals surface area contributed by atoms with Crippen LogP contribution in [-0.2, 0) is 9.53 Å². The van der Waals surface area contributed by atoms with Crippen LogP contribution in [0.1, 0.15) is 32.3 Å². The van der Waals surface area contributed by atoms with Crippen molar-refractivity contribution < 1.29 is 18.7 Å². The van der Waals surface area contributed by atoms with E-state index >= 15 is 0 Å². The van der Waals surface area contributed by atoms with Crippen molar-refractivity contribution in [3.63, 3.8) is 0 Å². The molecule has 5 heteroatoms. The highest BCUT2D eigenvalue weighted by Crippen LogP contribution is 2.19. The summed E-state index contributed by atoms with van der Waals surface area (Å²) in [6.07, 6.45) is 1.41. The van der Waals surface area contributed by atoms with E-state index in [0.29, 0.717) is 25.4 Å². The maximum atomic E-state index is 13.2. The zero-order valence-electron chi connectivity index (χ0n) is 12.9. The van der Waals surface area contributed by atoms with Crippen LogP contribution in [-0.4, -0.2) is 31.8 Å². The van der Waals surface area contributed by atoms with E-state index < -0.39 is 6.04 Å². The SMILES string of the molecule is CCCNC(CCOc1cc(F)ccc1C)C(=O)OCC. The van der Waals surface area contributed by atoms with E-state index in [1.807, 2.05) is 13.8 Å². The molecule has 0 bridgehead atoms. The first-order valence-electron chi connectivity index (χ1n) is 7.37. The van der Waals surface area contributed by atoms with Gasteiger partial charge in [-0.15, -0.1) is 0 Å². The third-order valence-electron chi connectivity index (χ3n) is 3.03. The molecule has 1 N–H and O–H groups in total. The third kappa shape index (κ3) is 6.12. The Bertz CT molecular complexity index is 451. The van der Waals surface area contributed by atoms with Gasteiger partial charge in [-0.3, -0.25) is 4.79 Å². The van der Waals surface area contributed by atoms with Crippen LogP contribution in [0.2, 0.25) is 0 Å². The van der Waals surface area contributed by atoms with Crippen LogP contribution >= 0.6 is 0 Å². The zero-order chi connectivity index (χ0) is 15.7. The highest BCUT2D eigenvalue weighted by molar-refractivity contribution is 5.75.